The molecule has 0 saturated heterocycles. The Labute approximate surface area is 110 Å². The minimum absolute atomic E-state index is 0.0967. The van der Waals surface area contributed by atoms with Gasteiger partial charge in [0.15, 0.2) is 0 Å². The fourth-order valence-electron chi connectivity index (χ4n) is 1.78. The molecule has 0 fully saturated rings. The lowest BCUT2D eigenvalue weighted by Crippen LogP contribution is -2.18. The number of hydrogen-bond donors (Lipinski definition) is 2. The van der Waals surface area contributed by atoms with E-state index >= 15 is 0 Å². The third kappa shape index (κ3) is 4.49. The second kappa shape index (κ2) is 7.17. The molecule has 1 amide bonds. The lowest BCUT2D eigenvalue weighted by molar-refractivity contribution is -0.116. The summed E-state index contributed by atoms with van der Waals surface area (Å²) in [5, 5.41) is 6.20. The number of nitrogens with one attached hydrogen (secondary N) is 2. The Kier molecular flexibility index (Phi) is 5.86. The number of anilines is 1. The molecule has 1 rings (SSSR count). The third-order valence-electron chi connectivity index (χ3n) is 3.08. The number of carbonyl (C=O) groups excluding carboxylic acids is 1. The van der Waals surface area contributed by atoms with Crippen LogP contribution in [0.1, 0.15) is 45.2 Å². The predicted molar refractivity (Wildman–Crippen MR) is 76.6 cm³/mol. The molecule has 1 aromatic carbocycles. The van der Waals surface area contributed by atoms with Crippen molar-refractivity contribution in [1.29, 1.82) is 0 Å². The Morgan fingerprint density at radius 1 is 1.22 bits per heavy atom. The maximum absolute atomic E-state index is 11.8. The molecule has 3 heteroatoms. The summed E-state index contributed by atoms with van der Waals surface area (Å²) in [6, 6.07) is 8.17. The quantitative estimate of drug-likeness (QED) is 0.810. The zero-order valence-corrected chi connectivity index (χ0v) is 11.8. The summed E-state index contributed by atoms with van der Waals surface area (Å²) in [5.41, 5.74) is 2.03. The summed E-state index contributed by atoms with van der Waals surface area (Å²) in [6.07, 6.45) is 1.51. The van der Waals surface area contributed by atoms with Crippen molar-refractivity contribution in [3.8, 4) is 0 Å². The van der Waals surface area contributed by atoms with Gasteiger partial charge in [0.05, 0.1) is 0 Å². The monoisotopic (exact) mass is 248 g/mol. The van der Waals surface area contributed by atoms with Gasteiger partial charge >= 0.3 is 0 Å². The standard InChI is InChI=1S/C15H24N2O/c1-11(2)9-10-15(18)17-14-8-6-5-7-13(14)12(3)16-4/h5-8,11-12,16H,9-10H2,1-4H3,(H,17,18). The molecule has 2 N–H and O–H groups in total. The average molecular weight is 248 g/mol. The molecule has 0 bridgehead atoms. The van der Waals surface area contributed by atoms with Crippen LogP contribution in [0.4, 0.5) is 5.69 Å². The van der Waals surface area contributed by atoms with Gasteiger partial charge in [-0.25, -0.2) is 0 Å². The van der Waals surface area contributed by atoms with Crippen LogP contribution in [0.5, 0.6) is 0 Å². The van der Waals surface area contributed by atoms with Gasteiger partial charge in [-0.05, 0) is 37.9 Å². The normalized spacial score (nSPS) is 12.5. The van der Waals surface area contributed by atoms with Crippen LogP contribution in [0.2, 0.25) is 0 Å². The van der Waals surface area contributed by atoms with Gasteiger partial charge in [0, 0.05) is 18.2 Å². The van der Waals surface area contributed by atoms with E-state index in [4.69, 9.17) is 0 Å². The molecule has 3 nitrogen and oxygen atoms in total. The molecule has 18 heavy (non-hydrogen) atoms. The minimum atomic E-state index is 0.0967. The van der Waals surface area contributed by atoms with Crippen molar-refractivity contribution in [3.05, 3.63) is 29.8 Å². The first-order chi connectivity index (χ1) is 8.54. The number of rotatable bonds is 6. The molecule has 0 spiro atoms. The van der Waals surface area contributed by atoms with Crippen LogP contribution in [0.3, 0.4) is 0 Å². The van der Waals surface area contributed by atoms with Crippen molar-refractivity contribution in [2.75, 3.05) is 12.4 Å². The first-order valence-electron chi connectivity index (χ1n) is 6.60. The molecule has 0 saturated carbocycles. The van der Waals surface area contributed by atoms with Crippen LogP contribution in [-0.4, -0.2) is 13.0 Å². The van der Waals surface area contributed by atoms with Crippen LogP contribution >= 0.6 is 0 Å². The minimum Gasteiger partial charge on any atom is -0.326 e. The molecule has 0 radical (unpaired) electrons. The fourth-order valence-corrected chi connectivity index (χ4v) is 1.78. The second-order valence-electron chi connectivity index (χ2n) is 5.08. The topological polar surface area (TPSA) is 41.1 Å². The van der Waals surface area contributed by atoms with E-state index in [9.17, 15) is 4.79 Å². The molecule has 1 unspecified atom stereocenters. The Morgan fingerprint density at radius 2 is 1.89 bits per heavy atom. The smallest absolute Gasteiger partial charge is 0.224 e. The molecule has 1 atom stereocenters. The molecule has 100 valence electrons. The summed E-state index contributed by atoms with van der Waals surface area (Å²) in [4.78, 5) is 11.8. The van der Waals surface area contributed by atoms with E-state index in [1.165, 1.54) is 0 Å². The molecule has 0 aliphatic rings. The largest absolute Gasteiger partial charge is 0.326 e. The summed E-state index contributed by atoms with van der Waals surface area (Å²) < 4.78 is 0. The first kappa shape index (κ1) is 14.7. The molecule has 0 aliphatic carbocycles. The zero-order valence-electron chi connectivity index (χ0n) is 11.8. The van der Waals surface area contributed by atoms with Gasteiger partial charge in [-0.2, -0.15) is 0 Å². The van der Waals surface area contributed by atoms with Crippen molar-refractivity contribution < 1.29 is 4.79 Å². The Bertz CT molecular complexity index is 388. The highest BCUT2D eigenvalue weighted by Crippen LogP contribution is 2.22. The highest BCUT2D eigenvalue weighted by Gasteiger charge is 2.10. The van der Waals surface area contributed by atoms with Crippen molar-refractivity contribution in [3.63, 3.8) is 0 Å². The number of para-hydroxylation sites is 1. The van der Waals surface area contributed by atoms with Gasteiger partial charge in [0.25, 0.3) is 0 Å². The Morgan fingerprint density at radius 3 is 2.50 bits per heavy atom. The van der Waals surface area contributed by atoms with Crippen molar-refractivity contribution in [2.45, 2.75) is 39.7 Å². The summed E-state index contributed by atoms with van der Waals surface area (Å²) in [6.45, 7) is 6.34. The molecular weight excluding hydrogens is 224 g/mol. The van der Waals surface area contributed by atoms with E-state index in [0.717, 1.165) is 17.7 Å². The number of benzene rings is 1. The molecule has 1 aromatic rings. The van der Waals surface area contributed by atoms with Gasteiger partial charge in [-0.3, -0.25) is 4.79 Å². The van der Waals surface area contributed by atoms with Gasteiger partial charge in [0.1, 0.15) is 0 Å². The number of carbonyl (C=O) groups is 1. The van der Waals surface area contributed by atoms with E-state index in [2.05, 4.69) is 31.4 Å². The van der Waals surface area contributed by atoms with Crippen LogP contribution in [0.25, 0.3) is 0 Å². The Hall–Kier alpha value is -1.35. The summed E-state index contributed by atoms with van der Waals surface area (Å²) in [5.74, 6) is 0.654. The predicted octanol–water partition coefficient (Wildman–Crippen LogP) is 3.34. The van der Waals surface area contributed by atoms with Gasteiger partial charge in [-0.15, -0.1) is 0 Å². The van der Waals surface area contributed by atoms with E-state index in [1.807, 2.05) is 31.3 Å². The van der Waals surface area contributed by atoms with Crippen LogP contribution in [0.15, 0.2) is 24.3 Å². The van der Waals surface area contributed by atoms with Gasteiger partial charge < -0.3 is 10.6 Å². The molecule has 0 aliphatic heterocycles. The van der Waals surface area contributed by atoms with Gasteiger partial charge in [0.2, 0.25) is 5.91 Å². The van der Waals surface area contributed by atoms with Crippen molar-refractivity contribution >= 4 is 11.6 Å². The highest BCUT2D eigenvalue weighted by molar-refractivity contribution is 5.91. The van der Waals surface area contributed by atoms with Gasteiger partial charge in [-0.1, -0.05) is 32.0 Å². The molecule has 0 aromatic heterocycles. The van der Waals surface area contributed by atoms with Crippen LogP contribution < -0.4 is 10.6 Å². The van der Waals surface area contributed by atoms with Crippen molar-refractivity contribution in [2.24, 2.45) is 5.92 Å². The van der Waals surface area contributed by atoms with E-state index in [0.29, 0.717) is 12.3 Å². The maximum Gasteiger partial charge on any atom is 0.224 e. The average Bonchev–Trinajstić information content (AvgIpc) is 2.36. The SMILES string of the molecule is CNC(C)c1ccccc1NC(=O)CCC(C)C. The number of amides is 1. The molecular formula is C15H24N2O. The summed E-state index contributed by atoms with van der Waals surface area (Å²) in [7, 11) is 1.92. The second-order valence-corrected chi connectivity index (χ2v) is 5.08. The van der Waals surface area contributed by atoms with E-state index in [-0.39, 0.29) is 11.9 Å². The maximum atomic E-state index is 11.8. The fraction of sp³-hybridized carbons (Fsp3) is 0.533. The van der Waals surface area contributed by atoms with Crippen LogP contribution in [0, 0.1) is 5.92 Å². The highest BCUT2D eigenvalue weighted by atomic mass is 16.1. The molecule has 0 heterocycles. The van der Waals surface area contributed by atoms with Crippen molar-refractivity contribution in [1.82, 2.24) is 5.32 Å². The third-order valence-corrected chi connectivity index (χ3v) is 3.08. The zero-order chi connectivity index (χ0) is 13.5. The Balaban J connectivity index is 2.69. The van der Waals surface area contributed by atoms with Crippen LogP contribution in [-0.2, 0) is 4.79 Å². The first-order valence-corrected chi connectivity index (χ1v) is 6.60. The van der Waals surface area contributed by atoms with E-state index < -0.39 is 0 Å². The summed E-state index contributed by atoms with van der Waals surface area (Å²) >= 11 is 0. The lowest BCUT2D eigenvalue weighted by Gasteiger charge is -2.16. The lowest BCUT2D eigenvalue weighted by atomic mass is 10.1. The van der Waals surface area contributed by atoms with E-state index in [1.54, 1.807) is 0 Å². The number of hydrogen-bond acceptors (Lipinski definition) is 2.